The Bertz CT molecular complexity index is 957. The maximum atomic E-state index is 11.9. The van der Waals surface area contributed by atoms with Crippen molar-refractivity contribution >= 4 is 39.2 Å². The molecule has 0 aliphatic carbocycles. The second-order valence-corrected chi connectivity index (χ2v) is 4.93. The third kappa shape index (κ3) is 1.80. The van der Waals surface area contributed by atoms with E-state index in [4.69, 9.17) is 0 Å². The van der Waals surface area contributed by atoms with Gasteiger partial charge in [0.05, 0.1) is 16.6 Å². The maximum absolute atomic E-state index is 11.9. The van der Waals surface area contributed by atoms with Crippen LogP contribution in [-0.2, 0) is 9.59 Å². The van der Waals surface area contributed by atoms with E-state index in [-0.39, 0.29) is 11.8 Å². The van der Waals surface area contributed by atoms with Gasteiger partial charge >= 0.3 is 0 Å². The second-order valence-electron chi connectivity index (χ2n) is 4.93. The van der Waals surface area contributed by atoms with E-state index < -0.39 is 0 Å². The number of aromatic nitrogens is 1. The van der Waals surface area contributed by atoms with Gasteiger partial charge in [-0.15, -0.1) is 0 Å². The zero-order valence-electron chi connectivity index (χ0n) is 11.0. The molecule has 21 heavy (non-hydrogen) atoms. The fraction of sp³-hybridized carbons (Fsp3) is 0. The van der Waals surface area contributed by atoms with Gasteiger partial charge in [-0.3, -0.25) is 14.9 Å². The molecular weight excluding hydrogens is 264 g/mol. The topological polar surface area (TPSA) is 59.1 Å². The fourth-order valence-corrected chi connectivity index (χ4v) is 2.65. The summed E-state index contributed by atoms with van der Waals surface area (Å²) < 4.78 is 0. The smallest absolute Gasteiger partial charge is 0.258 e. The van der Waals surface area contributed by atoms with E-state index in [2.05, 4.69) is 10.3 Å². The first-order valence-corrected chi connectivity index (χ1v) is 6.58. The van der Waals surface area contributed by atoms with Crippen molar-refractivity contribution in [2.24, 2.45) is 0 Å². The average Bonchev–Trinajstić information content (AvgIpc) is 2.83. The lowest BCUT2D eigenvalue weighted by Crippen LogP contribution is -2.21. The number of carbonyl (C=O) groups is 2. The van der Waals surface area contributed by atoms with E-state index in [0.717, 1.165) is 27.4 Å². The van der Waals surface area contributed by atoms with Crippen LogP contribution in [0.25, 0.3) is 27.4 Å². The molecular formula is C17H10N2O2. The number of nitrogens with zero attached hydrogens (tertiary/aromatic N) is 1. The number of amides is 2. The highest BCUT2D eigenvalue weighted by Crippen LogP contribution is 2.28. The first-order valence-electron chi connectivity index (χ1n) is 6.58. The van der Waals surface area contributed by atoms with Gasteiger partial charge in [-0.2, -0.15) is 0 Å². The van der Waals surface area contributed by atoms with Crippen molar-refractivity contribution in [1.29, 1.82) is 0 Å². The normalized spacial score (nSPS) is 14.6. The Labute approximate surface area is 120 Å². The lowest BCUT2D eigenvalue weighted by Gasteiger charge is -2.07. The molecule has 0 radical (unpaired) electrons. The lowest BCUT2D eigenvalue weighted by atomic mass is 9.99. The van der Waals surface area contributed by atoms with Gasteiger partial charge in [0.25, 0.3) is 11.8 Å². The van der Waals surface area contributed by atoms with Crippen molar-refractivity contribution in [2.45, 2.75) is 0 Å². The standard InChI is InChI=1S/C17H10N2O2/c20-16-9-13(17(21)19-16)11-5-3-7-15-12(11)8-10-4-1-2-6-14(10)18-15/h1-9H,(H,19,20,21). The highest BCUT2D eigenvalue weighted by Gasteiger charge is 2.23. The Morgan fingerprint density at radius 2 is 1.71 bits per heavy atom. The summed E-state index contributed by atoms with van der Waals surface area (Å²) in [7, 11) is 0. The number of hydrogen-bond acceptors (Lipinski definition) is 3. The molecule has 0 atom stereocenters. The number of imide groups is 1. The van der Waals surface area contributed by atoms with Gasteiger partial charge in [0, 0.05) is 16.8 Å². The number of carbonyl (C=O) groups excluding carboxylic acids is 2. The molecule has 3 aromatic rings. The van der Waals surface area contributed by atoms with Gasteiger partial charge in [-0.25, -0.2) is 4.98 Å². The summed E-state index contributed by atoms with van der Waals surface area (Å²) in [6.45, 7) is 0. The van der Waals surface area contributed by atoms with Gasteiger partial charge in [0.1, 0.15) is 0 Å². The first-order chi connectivity index (χ1) is 10.2. The van der Waals surface area contributed by atoms with Crippen LogP contribution < -0.4 is 5.32 Å². The Morgan fingerprint density at radius 1 is 0.905 bits per heavy atom. The number of benzene rings is 2. The van der Waals surface area contributed by atoms with Crippen LogP contribution in [0.3, 0.4) is 0 Å². The summed E-state index contributed by atoms with van der Waals surface area (Å²) in [5, 5.41) is 4.15. The van der Waals surface area contributed by atoms with Crippen LogP contribution in [0.4, 0.5) is 0 Å². The number of nitrogens with one attached hydrogen (secondary N) is 1. The third-order valence-corrected chi connectivity index (χ3v) is 3.61. The molecule has 100 valence electrons. The molecule has 0 fully saturated rings. The van der Waals surface area contributed by atoms with Crippen molar-refractivity contribution in [2.75, 3.05) is 0 Å². The number of fused-ring (bicyclic) bond motifs is 2. The quantitative estimate of drug-likeness (QED) is 0.547. The molecule has 4 rings (SSSR count). The minimum Gasteiger partial charge on any atom is -0.289 e. The predicted octanol–water partition coefficient (Wildman–Crippen LogP) is 2.43. The maximum Gasteiger partial charge on any atom is 0.258 e. The molecule has 0 saturated heterocycles. The fourth-order valence-electron chi connectivity index (χ4n) is 2.65. The highest BCUT2D eigenvalue weighted by atomic mass is 16.2. The Morgan fingerprint density at radius 3 is 2.52 bits per heavy atom. The van der Waals surface area contributed by atoms with E-state index in [1.54, 1.807) is 0 Å². The Balaban J connectivity index is 2.06. The summed E-state index contributed by atoms with van der Waals surface area (Å²) >= 11 is 0. The van der Waals surface area contributed by atoms with Crippen LogP contribution in [-0.4, -0.2) is 16.8 Å². The molecule has 4 heteroatoms. The van der Waals surface area contributed by atoms with Crippen molar-refractivity contribution < 1.29 is 9.59 Å². The van der Waals surface area contributed by atoms with E-state index in [1.807, 2.05) is 48.5 Å². The Kier molecular flexibility index (Phi) is 2.38. The van der Waals surface area contributed by atoms with E-state index in [0.29, 0.717) is 5.57 Å². The molecule has 0 bridgehead atoms. The summed E-state index contributed by atoms with van der Waals surface area (Å²) in [5.41, 5.74) is 2.83. The molecule has 2 aromatic carbocycles. The molecule has 4 nitrogen and oxygen atoms in total. The molecule has 1 N–H and O–H groups in total. The van der Waals surface area contributed by atoms with Crippen LogP contribution in [0.2, 0.25) is 0 Å². The number of rotatable bonds is 1. The molecule has 1 aromatic heterocycles. The van der Waals surface area contributed by atoms with E-state index in [9.17, 15) is 9.59 Å². The molecule has 2 heterocycles. The summed E-state index contributed by atoms with van der Waals surface area (Å²) in [5.74, 6) is -0.735. The Hall–Kier alpha value is -3.01. The van der Waals surface area contributed by atoms with Crippen LogP contribution in [0.15, 0.2) is 54.6 Å². The van der Waals surface area contributed by atoms with Crippen molar-refractivity contribution in [3.05, 3.63) is 60.2 Å². The number of pyridine rings is 1. The minimum absolute atomic E-state index is 0.361. The first kappa shape index (κ1) is 11.8. The molecule has 1 aliphatic rings. The van der Waals surface area contributed by atoms with Crippen molar-refractivity contribution in [3.8, 4) is 0 Å². The summed E-state index contributed by atoms with van der Waals surface area (Å²) in [6.07, 6.45) is 1.34. The zero-order chi connectivity index (χ0) is 14.4. The van der Waals surface area contributed by atoms with Crippen molar-refractivity contribution in [1.82, 2.24) is 10.3 Å². The predicted molar refractivity (Wildman–Crippen MR) is 80.4 cm³/mol. The molecule has 0 saturated carbocycles. The molecule has 0 spiro atoms. The van der Waals surface area contributed by atoms with Crippen molar-refractivity contribution in [3.63, 3.8) is 0 Å². The zero-order valence-corrected chi connectivity index (χ0v) is 11.0. The second kappa shape index (κ2) is 4.24. The monoisotopic (exact) mass is 274 g/mol. The molecule has 0 unspecified atom stereocenters. The van der Waals surface area contributed by atoms with Gasteiger partial charge < -0.3 is 0 Å². The van der Waals surface area contributed by atoms with Gasteiger partial charge in [-0.1, -0.05) is 30.3 Å². The molecule has 2 amide bonds. The summed E-state index contributed by atoms with van der Waals surface area (Å²) in [4.78, 5) is 27.8. The average molecular weight is 274 g/mol. The largest absolute Gasteiger partial charge is 0.289 e. The molecule has 1 aliphatic heterocycles. The van der Waals surface area contributed by atoms with Gasteiger partial charge in [0.2, 0.25) is 0 Å². The number of hydrogen-bond donors (Lipinski definition) is 1. The van der Waals surface area contributed by atoms with Gasteiger partial charge in [-0.05, 0) is 23.8 Å². The minimum atomic E-state index is -0.374. The SMILES string of the molecule is O=C1C=C(c2cccc3nc4ccccc4cc23)C(=O)N1. The highest BCUT2D eigenvalue weighted by molar-refractivity contribution is 6.35. The van der Waals surface area contributed by atoms with Gasteiger partial charge in [0.15, 0.2) is 0 Å². The number of para-hydroxylation sites is 1. The third-order valence-electron chi connectivity index (χ3n) is 3.61. The van der Waals surface area contributed by atoms with Crippen LogP contribution >= 0.6 is 0 Å². The van der Waals surface area contributed by atoms with E-state index >= 15 is 0 Å². The summed E-state index contributed by atoms with van der Waals surface area (Å²) in [6, 6.07) is 15.4. The lowest BCUT2D eigenvalue weighted by molar-refractivity contribution is -0.123. The van der Waals surface area contributed by atoms with Crippen LogP contribution in [0.5, 0.6) is 0 Å². The van der Waals surface area contributed by atoms with Crippen LogP contribution in [0, 0.1) is 0 Å². The van der Waals surface area contributed by atoms with Crippen LogP contribution in [0.1, 0.15) is 5.56 Å². The van der Waals surface area contributed by atoms with E-state index in [1.165, 1.54) is 6.08 Å².